The minimum Gasteiger partial charge on any atom is -0.491 e. The average Bonchev–Trinajstić information content (AvgIpc) is 2.80. The Bertz CT molecular complexity index is 1300. The van der Waals surface area contributed by atoms with Gasteiger partial charge in [-0.05, 0) is 60.5 Å². The van der Waals surface area contributed by atoms with Crippen molar-refractivity contribution in [2.45, 2.75) is 29.4 Å². The van der Waals surface area contributed by atoms with E-state index in [0.29, 0.717) is 17.9 Å². The van der Waals surface area contributed by atoms with Gasteiger partial charge in [0, 0.05) is 6.26 Å². The molecule has 0 saturated carbocycles. The minimum atomic E-state index is -4.25. The molecule has 0 aromatic heterocycles. The smallest absolute Gasteiger partial charge is 0.339 e. The van der Waals surface area contributed by atoms with Crippen molar-refractivity contribution >= 4 is 20.0 Å². The van der Waals surface area contributed by atoms with E-state index in [1.807, 2.05) is 30.3 Å². The molecule has 0 aliphatic heterocycles. The van der Waals surface area contributed by atoms with Gasteiger partial charge in [0.2, 0.25) is 0 Å². The normalized spacial score (nSPS) is 12.8. The molecule has 0 bridgehead atoms. The van der Waals surface area contributed by atoms with E-state index in [0.717, 1.165) is 17.9 Å². The van der Waals surface area contributed by atoms with E-state index in [2.05, 4.69) is 0 Å². The van der Waals surface area contributed by atoms with Crippen LogP contribution in [0.2, 0.25) is 0 Å². The Hall–Kier alpha value is -2.92. The lowest BCUT2D eigenvalue weighted by Crippen LogP contribution is -2.25. The Morgan fingerprint density at radius 2 is 1.47 bits per heavy atom. The summed E-state index contributed by atoms with van der Waals surface area (Å²) in [4.78, 5) is -0.360. The molecule has 0 radical (unpaired) electrons. The molecule has 3 aromatic carbocycles. The molecule has 0 aliphatic carbocycles. The standard InChI is InChI=1S/C24H26O8S2/c1-18-12-23(33(2,26)27)14-24(13-18)34(28,29)32-21-10-8-20(9-11-21)31-17-22(15-25)30-16-19-6-4-3-5-7-19/h3-14,22,25H,15-17H2,1-2H3. The van der Waals surface area contributed by atoms with Crippen LogP contribution in [-0.4, -0.2) is 47.5 Å². The van der Waals surface area contributed by atoms with Gasteiger partial charge in [-0.25, -0.2) is 8.42 Å². The molecule has 3 aromatic rings. The predicted molar refractivity (Wildman–Crippen MR) is 126 cm³/mol. The Morgan fingerprint density at radius 1 is 0.853 bits per heavy atom. The maximum absolute atomic E-state index is 12.7. The molecule has 0 saturated heterocycles. The Balaban J connectivity index is 1.61. The third-order valence-electron chi connectivity index (χ3n) is 4.74. The van der Waals surface area contributed by atoms with E-state index in [4.69, 9.17) is 13.7 Å². The summed E-state index contributed by atoms with van der Waals surface area (Å²) in [7, 11) is -7.84. The number of ether oxygens (including phenoxy) is 2. The SMILES string of the molecule is Cc1cc(S(C)(=O)=O)cc(S(=O)(=O)Oc2ccc(OCC(CO)OCc3ccccc3)cc2)c1. The zero-order valence-corrected chi connectivity index (χ0v) is 20.4. The molecule has 0 spiro atoms. The molecular formula is C24H26O8S2. The lowest BCUT2D eigenvalue weighted by Gasteiger charge is -2.16. The quantitative estimate of drug-likeness (QED) is 0.395. The minimum absolute atomic E-state index is 0.0359. The van der Waals surface area contributed by atoms with Gasteiger partial charge in [0.15, 0.2) is 9.84 Å². The highest BCUT2D eigenvalue weighted by atomic mass is 32.2. The van der Waals surface area contributed by atoms with Gasteiger partial charge in [0.1, 0.15) is 29.1 Å². The van der Waals surface area contributed by atoms with E-state index in [9.17, 15) is 21.9 Å². The average molecular weight is 507 g/mol. The largest absolute Gasteiger partial charge is 0.491 e. The fourth-order valence-electron chi connectivity index (χ4n) is 2.97. The number of hydrogen-bond donors (Lipinski definition) is 1. The predicted octanol–water partition coefficient (Wildman–Crippen LogP) is 3.12. The number of hydrogen-bond acceptors (Lipinski definition) is 8. The molecule has 10 heteroatoms. The van der Waals surface area contributed by atoms with Gasteiger partial charge in [-0.15, -0.1) is 0 Å². The van der Waals surface area contributed by atoms with Crippen LogP contribution in [0.4, 0.5) is 0 Å². The molecule has 1 N–H and O–H groups in total. The second kappa shape index (κ2) is 11.0. The fraction of sp³-hybridized carbons (Fsp3) is 0.250. The van der Waals surface area contributed by atoms with Crippen molar-refractivity contribution in [2.75, 3.05) is 19.5 Å². The first-order chi connectivity index (χ1) is 16.1. The van der Waals surface area contributed by atoms with Gasteiger partial charge in [-0.3, -0.25) is 0 Å². The van der Waals surface area contributed by atoms with Gasteiger partial charge in [0.05, 0.1) is 18.1 Å². The van der Waals surface area contributed by atoms with Crippen molar-refractivity contribution in [3.63, 3.8) is 0 Å². The van der Waals surface area contributed by atoms with E-state index >= 15 is 0 Å². The van der Waals surface area contributed by atoms with E-state index in [1.165, 1.54) is 36.4 Å². The molecule has 0 amide bonds. The first kappa shape index (κ1) is 25.7. The van der Waals surface area contributed by atoms with E-state index in [1.54, 1.807) is 6.92 Å². The number of rotatable bonds is 11. The van der Waals surface area contributed by atoms with Gasteiger partial charge in [-0.2, -0.15) is 8.42 Å². The number of aryl methyl sites for hydroxylation is 1. The highest BCUT2D eigenvalue weighted by Crippen LogP contribution is 2.24. The van der Waals surface area contributed by atoms with Crippen LogP contribution in [0.25, 0.3) is 0 Å². The van der Waals surface area contributed by atoms with Crippen LogP contribution in [0.15, 0.2) is 82.6 Å². The summed E-state index contributed by atoms with van der Waals surface area (Å²) in [6, 6.07) is 19.2. The maximum atomic E-state index is 12.7. The molecule has 0 fully saturated rings. The zero-order chi connectivity index (χ0) is 24.8. The van der Waals surface area contributed by atoms with Crippen LogP contribution in [0.5, 0.6) is 11.5 Å². The summed E-state index contributed by atoms with van der Waals surface area (Å²) in [5, 5.41) is 9.52. The molecule has 0 heterocycles. The summed E-state index contributed by atoms with van der Waals surface area (Å²) in [5.41, 5.74) is 1.45. The van der Waals surface area contributed by atoms with Crippen LogP contribution in [0, 0.1) is 6.92 Å². The molecule has 182 valence electrons. The molecule has 1 atom stereocenters. The number of aliphatic hydroxyl groups excluding tert-OH is 1. The molecule has 8 nitrogen and oxygen atoms in total. The first-order valence-electron chi connectivity index (χ1n) is 10.3. The summed E-state index contributed by atoms with van der Waals surface area (Å²) < 4.78 is 65.4. The zero-order valence-electron chi connectivity index (χ0n) is 18.7. The summed E-state index contributed by atoms with van der Waals surface area (Å²) in [5.74, 6) is 0.468. The van der Waals surface area contributed by atoms with Crippen molar-refractivity contribution in [1.29, 1.82) is 0 Å². The third kappa shape index (κ3) is 7.29. The Kier molecular flexibility index (Phi) is 8.32. The van der Waals surface area contributed by atoms with Crippen molar-refractivity contribution in [1.82, 2.24) is 0 Å². The van der Waals surface area contributed by atoms with Crippen molar-refractivity contribution in [3.05, 3.63) is 83.9 Å². The lowest BCUT2D eigenvalue weighted by molar-refractivity contribution is -0.0227. The van der Waals surface area contributed by atoms with Crippen LogP contribution < -0.4 is 8.92 Å². The van der Waals surface area contributed by atoms with Crippen molar-refractivity contribution in [3.8, 4) is 11.5 Å². The maximum Gasteiger partial charge on any atom is 0.339 e. The first-order valence-corrected chi connectivity index (χ1v) is 13.6. The second-order valence-corrected chi connectivity index (χ2v) is 11.2. The van der Waals surface area contributed by atoms with E-state index < -0.39 is 26.1 Å². The van der Waals surface area contributed by atoms with Crippen LogP contribution in [-0.2, 0) is 31.3 Å². The molecule has 3 rings (SSSR count). The van der Waals surface area contributed by atoms with Crippen LogP contribution in [0.1, 0.15) is 11.1 Å². The van der Waals surface area contributed by atoms with Crippen LogP contribution >= 0.6 is 0 Å². The Morgan fingerprint density at radius 3 is 2.09 bits per heavy atom. The van der Waals surface area contributed by atoms with Gasteiger partial charge < -0.3 is 18.8 Å². The molecular weight excluding hydrogens is 480 g/mol. The summed E-state index contributed by atoms with van der Waals surface area (Å²) in [6.07, 6.45) is 0.466. The topological polar surface area (TPSA) is 116 Å². The highest BCUT2D eigenvalue weighted by molar-refractivity contribution is 7.90. The monoisotopic (exact) mass is 506 g/mol. The summed E-state index contributed by atoms with van der Waals surface area (Å²) in [6.45, 7) is 1.81. The Labute approximate surface area is 199 Å². The van der Waals surface area contributed by atoms with Crippen LogP contribution in [0.3, 0.4) is 0 Å². The van der Waals surface area contributed by atoms with Gasteiger partial charge in [0.25, 0.3) is 0 Å². The third-order valence-corrected chi connectivity index (χ3v) is 7.06. The number of aliphatic hydroxyl groups is 1. The second-order valence-electron chi connectivity index (χ2n) is 7.67. The van der Waals surface area contributed by atoms with E-state index in [-0.39, 0.29) is 28.8 Å². The van der Waals surface area contributed by atoms with Gasteiger partial charge in [-0.1, -0.05) is 30.3 Å². The molecule has 1 unspecified atom stereocenters. The lowest BCUT2D eigenvalue weighted by atomic mass is 10.2. The molecule has 0 aliphatic rings. The fourth-order valence-corrected chi connectivity index (χ4v) is 4.85. The molecule has 34 heavy (non-hydrogen) atoms. The van der Waals surface area contributed by atoms with Crippen molar-refractivity contribution in [2.24, 2.45) is 0 Å². The highest BCUT2D eigenvalue weighted by Gasteiger charge is 2.20. The van der Waals surface area contributed by atoms with Gasteiger partial charge >= 0.3 is 10.1 Å². The van der Waals surface area contributed by atoms with Crippen molar-refractivity contribution < 1.29 is 35.6 Å². The summed E-state index contributed by atoms with van der Waals surface area (Å²) >= 11 is 0. The number of sulfone groups is 1. The number of benzene rings is 3.